The SMILES string of the molecule is CN([C@@H]1CCN(CC(F)(F)F)C1=O)[C@H]1Cc2ccccc2[C@H]1O. The predicted molar refractivity (Wildman–Crippen MR) is 77.7 cm³/mol. The number of hydrogen-bond donors (Lipinski definition) is 1. The Balaban J connectivity index is 1.70. The fourth-order valence-corrected chi connectivity index (χ4v) is 3.62. The fourth-order valence-electron chi connectivity index (χ4n) is 3.62. The van der Waals surface area contributed by atoms with Gasteiger partial charge in [-0.05, 0) is 31.0 Å². The first kappa shape index (κ1) is 16.3. The Morgan fingerprint density at radius 3 is 2.70 bits per heavy atom. The van der Waals surface area contributed by atoms with E-state index in [0.717, 1.165) is 16.0 Å². The zero-order chi connectivity index (χ0) is 16.8. The minimum Gasteiger partial charge on any atom is -0.387 e. The fraction of sp³-hybridized carbons (Fsp3) is 0.562. The van der Waals surface area contributed by atoms with E-state index in [1.807, 2.05) is 24.3 Å². The highest BCUT2D eigenvalue weighted by Gasteiger charge is 2.44. The molecular formula is C16H19F3N2O2. The molecule has 126 valence electrons. The Bertz CT molecular complexity index is 605. The molecular weight excluding hydrogens is 309 g/mol. The molecule has 3 atom stereocenters. The summed E-state index contributed by atoms with van der Waals surface area (Å²) < 4.78 is 37.5. The summed E-state index contributed by atoms with van der Waals surface area (Å²) in [6.45, 7) is -1.10. The smallest absolute Gasteiger partial charge is 0.387 e. The van der Waals surface area contributed by atoms with Gasteiger partial charge in [-0.3, -0.25) is 9.69 Å². The van der Waals surface area contributed by atoms with Gasteiger partial charge in [0.1, 0.15) is 6.54 Å². The van der Waals surface area contributed by atoms with Crippen molar-refractivity contribution < 1.29 is 23.1 Å². The molecule has 1 aromatic carbocycles. The molecule has 0 aromatic heterocycles. The van der Waals surface area contributed by atoms with E-state index in [9.17, 15) is 23.1 Å². The van der Waals surface area contributed by atoms with Gasteiger partial charge < -0.3 is 10.0 Å². The van der Waals surface area contributed by atoms with Gasteiger partial charge in [-0.2, -0.15) is 13.2 Å². The molecule has 0 unspecified atom stereocenters. The minimum atomic E-state index is -4.38. The molecule has 7 heteroatoms. The molecule has 1 aliphatic carbocycles. The van der Waals surface area contributed by atoms with E-state index in [4.69, 9.17) is 0 Å². The van der Waals surface area contributed by atoms with Crippen LogP contribution in [0.5, 0.6) is 0 Å². The summed E-state index contributed by atoms with van der Waals surface area (Å²) >= 11 is 0. The first-order chi connectivity index (χ1) is 10.8. The Kier molecular flexibility index (Phi) is 4.10. The second kappa shape index (κ2) is 5.79. The van der Waals surface area contributed by atoms with Gasteiger partial charge in [0.25, 0.3) is 0 Å². The number of benzene rings is 1. The monoisotopic (exact) mass is 328 g/mol. The lowest BCUT2D eigenvalue weighted by Crippen LogP contribution is -2.47. The van der Waals surface area contributed by atoms with Gasteiger partial charge in [-0.15, -0.1) is 0 Å². The first-order valence-corrected chi connectivity index (χ1v) is 7.61. The number of hydrogen-bond acceptors (Lipinski definition) is 3. The standard InChI is InChI=1S/C16H19F3N2O2/c1-20(12-6-7-21(15(12)23)9-16(17,18)19)13-8-10-4-2-3-5-11(10)14(13)22/h2-5,12-14,22H,6-9H2,1H3/t12-,13+,14-/m1/s1. The molecule has 4 nitrogen and oxygen atoms in total. The number of aliphatic hydroxyl groups is 1. The van der Waals surface area contributed by atoms with Gasteiger partial charge in [-0.1, -0.05) is 24.3 Å². The van der Waals surface area contributed by atoms with E-state index in [2.05, 4.69) is 0 Å². The molecule has 23 heavy (non-hydrogen) atoms. The van der Waals surface area contributed by atoms with Crippen LogP contribution in [0.25, 0.3) is 0 Å². The molecule has 1 aliphatic heterocycles. The zero-order valence-corrected chi connectivity index (χ0v) is 12.8. The average molecular weight is 328 g/mol. The second-order valence-electron chi connectivity index (χ2n) is 6.26. The Morgan fingerprint density at radius 1 is 1.35 bits per heavy atom. The van der Waals surface area contributed by atoms with Crippen molar-refractivity contribution in [1.82, 2.24) is 9.80 Å². The molecule has 1 amide bonds. The van der Waals surface area contributed by atoms with Crippen molar-refractivity contribution in [3.8, 4) is 0 Å². The predicted octanol–water partition coefficient (Wildman–Crippen LogP) is 1.74. The van der Waals surface area contributed by atoms with E-state index < -0.39 is 30.8 Å². The summed E-state index contributed by atoms with van der Waals surface area (Å²) in [5, 5.41) is 10.5. The summed E-state index contributed by atoms with van der Waals surface area (Å²) in [5.74, 6) is -0.506. The van der Waals surface area contributed by atoms with Gasteiger partial charge in [0.2, 0.25) is 5.91 Å². The van der Waals surface area contributed by atoms with Gasteiger partial charge in [0.05, 0.1) is 12.1 Å². The summed E-state index contributed by atoms with van der Waals surface area (Å²) in [6.07, 6.45) is -4.16. The minimum absolute atomic E-state index is 0.100. The van der Waals surface area contributed by atoms with Crippen molar-refractivity contribution in [3.63, 3.8) is 0 Å². The van der Waals surface area contributed by atoms with Crippen LogP contribution in [-0.2, 0) is 11.2 Å². The van der Waals surface area contributed by atoms with Crippen LogP contribution in [-0.4, -0.2) is 59.2 Å². The Labute approximate surface area is 132 Å². The van der Waals surface area contributed by atoms with Crippen LogP contribution in [0.15, 0.2) is 24.3 Å². The molecule has 0 bridgehead atoms. The van der Waals surface area contributed by atoms with E-state index in [1.165, 1.54) is 0 Å². The molecule has 0 spiro atoms. The molecule has 1 saturated heterocycles. The molecule has 1 N–H and O–H groups in total. The lowest BCUT2D eigenvalue weighted by Gasteiger charge is -2.31. The van der Waals surface area contributed by atoms with E-state index in [-0.39, 0.29) is 12.6 Å². The molecule has 1 aromatic rings. The summed E-state index contributed by atoms with van der Waals surface area (Å²) in [7, 11) is 1.71. The number of carbonyl (C=O) groups is 1. The topological polar surface area (TPSA) is 43.8 Å². The maximum Gasteiger partial charge on any atom is 0.406 e. The van der Waals surface area contributed by atoms with Gasteiger partial charge >= 0.3 is 6.18 Å². The third-order valence-electron chi connectivity index (χ3n) is 4.82. The number of likely N-dealkylation sites (N-methyl/N-ethyl adjacent to an activating group) is 1. The van der Waals surface area contributed by atoms with E-state index in [0.29, 0.717) is 12.8 Å². The van der Waals surface area contributed by atoms with Crippen LogP contribution in [0.3, 0.4) is 0 Å². The summed E-state index contributed by atoms with van der Waals surface area (Å²) in [4.78, 5) is 14.9. The van der Waals surface area contributed by atoms with Crippen molar-refractivity contribution in [2.75, 3.05) is 20.1 Å². The van der Waals surface area contributed by atoms with Crippen molar-refractivity contribution in [2.24, 2.45) is 0 Å². The number of aliphatic hydroxyl groups excluding tert-OH is 1. The zero-order valence-electron chi connectivity index (χ0n) is 12.8. The number of fused-ring (bicyclic) bond motifs is 1. The van der Waals surface area contributed by atoms with Crippen LogP contribution in [0, 0.1) is 0 Å². The van der Waals surface area contributed by atoms with Crippen molar-refractivity contribution in [1.29, 1.82) is 0 Å². The number of rotatable bonds is 3. The number of nitrogens with zero attached hydrogens (tertiary/aromatic N) is 2. The third kappa shape index (κ3) is 3.07. The second-order valence-corrected chi connectivity index (χ2v) is 6.26. The van der Waals surface area contributed by atoms with E-state index >= 15 is 0 Å². The van der Waals surface area contributed by atoms with Crippen LogP contribution in [0.4, 0.5) is 13.2 Å². The van der Waals surface area contributed by atoms with Gasteiger partial charge in [0, 0.05) is 12.6 Å². The Hall–Kier alpha value is -1.60. The van der Waals surface area contributed by atoms with Crippen molar-refractivity contribution in [3.05, 3.63) is 35.4 Å². The van der Waals surface area contributed by atoms with Gasteiger partial charge in [0.15, 0.2) is 0 Å². The third-order valence-corrected chi connectivity index (χ3v) is 4.82. The van der Waals surface area contributed by atoms with Crippen LogP contribution >= 0.6 is 0 Å². The lowest BCUT2D eigenvalue weighted by molar-refractivity contribution is -0.159. The summed E-state index contributed by atoms with van der Waals surface area (Å²) in [6, 6.07) is 6.62. The number of carbonyl (C=O) groups excluding carboxylic acids is 1. The quantitative estimate of drug-likeness (QED) is 0.919. The number of likely N-dealkylation sites (tertiary alicyclic amines) is 1. The highest BCUT2D eigenvalue weighted by molar-refractivity contribution is 5.84. The van der Waals surface area contributed by atoms with Crippen LogP contribution in [0.1, 0.15) is 23.7 Å². The molecule has 0 radical (unpaired) electrons. The lowest BCUT2D eigenvalue weighted by atomic mass is 10.1. The van der Waals surface area contributed by atoms with Crippen LogP contribution < -0.4 is 0 Å². The number of amides is 1. The van der Waals surface area contributed by atoms with Crippen LogP contribution in [0.2, 0.25) is 0 Å². The Morgan fingerprint density at radius 2 is 2.04 bits per heavy atom. The average Bonchev–Trinajstić information content (AvgIpc) is 2.99. The molecule has 1 heterocycles. The normalized spacial score (nSPS) is 27.8. The maximum absolute atomic E-state index is 12.5. The summed E-state index contributed by atoms with van der Waals surface area (Å²) in [5.41, 5.74) is 1.86. The number of alkyl halides is 3. The molecule has 1 fully saturated rings. The molecule has 0 saturated carbocycles. The highest BCUT2D eigenvalue weighted by atomic mass is 19.4. The first-order valence-electron chi connectivity index (χ1n) is 7.61. The van der Waals surface area contributed by atoms with Crippen molar-refractivity contribution in [2.45, 2.75) is 37.2 Å². The largest absolute Gasteiger partial charge is 0.406 e. The number of halogens is 3. The van der Waals surface area contributed by atoms with Crippen molar-refractivity contribution >= 4 is 5.91 Å². The molecule has 3 rings (SSSR count). The highest BCUT2D eigenvalue weighted by Crippen LogP contribution is 2.36. The van der Waals surface area contributed by atoms with Gasteiger partial charge in [-0.25, -0.2) is 0 Å². The molecule has 2 aliphatic rings. The maximum atomic E-state index is 12.5. The van der Waals surface area contributed by atoms with E-state index in [1.54, 1.807) is 11.9 Å².